The minimum Gasteiger partial charge on any atom is -0.497 e. The van der Waals surface area contributed by atoms with Gasteiger partial charge < -0.3 is 19.1 Å². The first-order valence-electron chi connectivity index (χ1n) is 11.7. The van der Waals surface area contributed by atoms with Crippen molar-refractivity contribution in [1.82, 2.24) is 14.7 Å². The number of urea groups is 1. The van der Waals surface area contributed by atoms with Gasteiger partial charge in [-0.1, -0.05) is 12.1 Å². The third kappa shape index (κ3) is 5.11. The molecule has 188 valence electrons. The number of rotatable bonds is 9. The lowest BCUT2D eigenvalue weighted by Crippen LogP contribution is -2.57. The van der Waals surface area contributed by atoms with E-state index in [9.17, 15) is 14.0 Å². The Balaban J connectivity index is 1.51. The molecule has 0 bridgehead atoms. The molecule has 2 saturated heterocycles. The van der Waals surface area contributed by atoms with Gasteiger partial charge in [0, 0.05) is 39.4 Å². The monoisotopic (exact) mass is 485 g/mol. The minimum absolute atomic E-state index is 0.0496. The van der Waals surface area contributed by atoms with Crippen LogP contribution in [-0.4, -0.2) is 79.7 Å². The number of likely N-dealkylation sites (tertiary alicyclic amines) is 1. The van der Waals surface area contributed by atoms with E-state index in [2.05, 4.69) is 4.90 Å². The molecular weight excluding hydrogens is 453 g/mol. The van der Waals surface area contributed by atoms with Gasteiger partial charge >= 0.3 is 6.03 Å². The van der Waals surface area contributed by atoms with Crippen LogP contribution in [0.4, 0.5) is 9.18 Å². The third-order valence-electron chi connectivity index (χ3n) is 6.87. The van der Waals surface area contributed by atoms with Gasteiger partial charge in [-0.05, 0) is 48.2 Å². The van der Waals surface area contributed by atoms with Crippen LogP contribution < -0.4 is 9.47 Å². The average molecular weight is 486 g/mol. The number of hydrogen-bond acceptors (Lipinski definition) is 6. The molecule has 0 unspecified atom stereocenters. The summed E-state index contributed by atoms with van der Waals surface area (Å²) in [4.78, 5) is 32.2. The summed E-state index contributed by atoms with van der Waals surface area (Å²) in [5.41, 5.74) is 0.723. The Morgan fingerprint density at radius 3 is 2.20 bits per heavy atom. The molecule has 2 heterocycles. The first-order valence-corrected chi connectivity index (χ1v) is 11.7. The molecule has 2 aliphatic rings. The third-order valence-corrected chi connectivity index (χ3v) is 6.87. The minimum atomic E-state index is -0.911. The second kappa shape index (κ2) is 10.6. The molecule has 4 rings (SSSR count). The summed E-state index contributed by atoms with van der Waals surface area (Å²) in [7, 11) is 4.82. The van der Waals surface area contributed by atoms with Crippen molar-refractivity contribution in [3.63, 3.8) is 0 Å². The Kier molecular flexibility index (Phi) is 7.57. The number of methoxy groups -OCH3 is 3. The molecule has 9 heteroatoms. The zero-order valence-electron chi connectivity index (χ0n) is 20.5. The smallest absolute Gasteiger partial charge is 0.328 e. The lowest BCUT2D eigenvalue weighted by molar-refractivity contribution is -0.136. The maximum absolute atomic E-state index is 13.7. The maximum Gasteiger partial charge on any atom is 0.328 e. The number of piperidine rings is 1. The van der Waals surface area contributed by atoms with Gasteiger partial charge in [-0.3, -0.25) is 14.6 Å². The number of ether oxygens (including phenoxy) is 3. The number of hydrogen-bond donors (Lipinski definition) is 0. The van der Waals surface area contributed by atoms with Gasteiger partial charge in [0.05, 0.1) is 27.4 Å². The topological polar surface area (TPSA) is 71.6 Å². The Bertz CT molecular complexity index is 1050. The van der Waals surface area contributed by atoms with Crippen molar-refractivity contribution in [1.29, 1.82) is 0 Å². The van der Waals surface area contributed by atoms with Crippen molar-refractivity contribution in [2.24, 2.45) is 0 Å². The summed E-state index contributed by atoms with van der Waals surface area (Å²) in [6.07, 6.45) is 1.03. The molecule has 0 radical (unpaired) electrons. The highest BCUT2D eigenvalue weighted by Gasteiger charge is 2.57. The zero-order valence-corrected chi connectivity index (χ0v) is 20.5. The van der Waals surface area contributed by atoms with E-state index in [4.69, 9.17) is 14.2 Å². The van der Waals surface area contributed by atoms with Crippen molar-refractivity contribution in [3.8, 4) is 11.5 Å². The van der Waals surface area contributed by atoms with Crippen molar-refractivity contribution >= 4 is 11.9 Å². The number of carbonyl (C=O) groups is 2. The van der Waals surface area contributed by atoms with Crippen LogP contribution in [-0.2, 0) is 22.6 Å². The molecule has 3 amide bonds. The lowest BCUT2D eigenvalue weighted by atomic mass is 9.85. The van der Waals surface area contributed by atoms with E-state index < -0.39 is 11.4 Å². The molecular formula is C26H32FN3O5. The van der Waals surface area contributed by atoms with E-state index in [1.807, 2.05) is 18.2 Å². The quantitative estimate of drug-likeness (QED) is 0.508. The predicted octanol–water partition coefficient (Wildman–Crippen LogP) is 3.29. The van der Waals surface area contributed by atoms with Gasteiger partial charge in [0.2, 0.25) is 0 Å². The highest BCUT2D eigenvalue weighted by Crippen LogP contribution is 2.38. The maximum atomic E-state index is 13.7. The summed E-state index contributed by atoms with van der Waals surface area (Å²) in [5.74, 6) is 0.840. The number of nitrogens with zero attached hydrogens (tertiary/aromatic N) is 3. The van der Waals surface area contributed by atoms with E-state index in [-0.39, 0.29) is 18.5 Å². The highest BCUT2D eigenvalue weighted by molar-refractivity contribution is 6.07. The van der Waals surface area contributed by atoms with Crippen molar-refractivity contribution in [3.05, 3.63) is 59.4 Å². The first kappa shape index (κ1) is 24.9. The van der Waals surface area contributed by atoms with Gasteiger partial charge in [0.1, 0.15) is 22.9 Å². The molecule has 1 spiro atoms. The number of imide groups is 1. The molecule has 2 fully saturated rings. The van der Waals surface area contributed by atoms with Crippen LogP contribution in [0.15, 0.2) is 42.5 Å². The molecule has 8 nitrogen and oxygen atoms in total. The standard InChI is InChI=1S/C26H32FN3O5/c1-33-12-11-30-25(32)29(18-19-5-4-6-21(27)13-19)24(31)26(30)7-9-28(10-8-26)17-20-14-22(34-2)16-23(15-20)35-3/h4-6,13-16H,7-12,17-18H2,1-3H3. The van der Waals surface area contributed by atoms with Crippen LogP contribution in [0.25, 0.3) is 0 Å². The number of halogens is 1. The van der Waals surface area contributed by atoms with E-state index in [0.29, 0.717) is 51.2 Å². The SMILES string of the molecule is COCCN1C(=O)N(Cc2cccc(F)c2)C(=O)C12CCN(Cc1cc(OC)cc(OC)c1)CC2. The fraction of sp³-hybridized carbons (Fsp3) is 0.462. The summed E-state index contributed by atoms with van der Waals surface area (Å²) in [6.45, 7) is 2.69. The highest BCUT2D eigenvalue weighted by atomic mass is 19.1. The van der Waals surface area contributed by atoms with Crippen LogP contribution in [0.2, 0.25) is 0 Å². The van der Waals surface area contributed by atoms with Crippen LogP contribution in [0, 0.1) is 5.82 Å². The van der Waals surface area contributed by atoms with Crippen molar-refractivity contribution in [2.75, 3.05) is 47.6 Å². The second-order valence-corrected chi connectivity index (χ2v) is 8.98. The molecule has 0 N–H and O–H groups in total. The van der Waals surface area contributed by atoms with E-state index in [1.165, 1.54) is 17.0 Å². The van der Waals surface area contributed by atoms with Crippen LogP contribution in [0.1, 0.15) is 24.0 Å². The molecule has 0 saturated carbocycles. The second-order valence-electron chi connectivity index (χ2n) is 8.98. The average Bonchev–Trinajstić information content (AvgIpc) is 3.04. The summed E-state index contributed by atoms with van der Waals surface area (Å²) >= 11 is 0. The zero-order chi connectivity index (χ0) is 25.0. The molecule has 2 aromatic carbocycles. The molecule has 35 heavy (non-hydrogen) atoms. The largest absolute Gasteiger partial charge is 0.497 e. The number of amides is 3. The van der Waals surface area contributed by atoms with E-state index >= 15 is 0 Å². The van der Waals surface area contributed by atoms with Gasteiger partial charge in [0.15, 0.2) is 0 Å². The first-order chi connectivity index (χ1) is 16.9. The fourth-order valence-electron chi connectivity index (χ4n) is 5.01. The normalized spacial score (nSPS) is 17.9. The van der Waals surface area contributed by atoms with Crippen LogP contribution in [0.3, 0.4) is 0 Å². The Morgan fingerprint density at radius 2 is 1.60 bits per heavy atom. The van der Waals surface area contributed by atoms with E-state index in [0.717, 1.165) is 17.1 Å². The summed E-state index contributed by atoms with van der Waals surface area (Å²) in [6, 6.07) is 11.4. The predicted molar refractivity (Wildman–Crippen MR) is 128 cm³/mol. The van der Waals surface area contributed by atoms with Gasteiger partial charge in [-0.25, -0.2) is 9.18 Å². The Morgan fingerprint density at radius 1 is 0.914 bits per heavy atom. The van der Waals surface area contributed by atoms with Crippen LogP contribution in [0.5, 0.6) is 11.5 Å². The molecule has 0 aromatic heterocycles. The van der Waals surface area contributed by atoms with Crippen molar-refractivity contribution in [2.45, 2.75) is 31.5 Å². The van der Waals surface area contributed by atoms with Gasteiger partial charge in [-0.15, -0.1) is 0 Å². The number of carbonyl (C=O) groups excluding carboxylic acids is 2. The fourth-order valence-corrected chi connectivity index (χ4v) is 5.01. The van der Waals surface area contributed by atoms with Gasteiger partial charge in [-0.2, -0.15) is 0 Å². The summed E-state index contributed by atoms with van der Waals surface area (Å²) < 4.78 is 29.7. The lowest BCUT2D eigenvalue weighted by Gasteiger charge is -2.42. The summed E-state index contributed by atoms with van der Waals surface area (Å²) in [5, 5.41) is 0. The van der Waals surface area contributed by atoms with Crippen molar-refractivity contribution < 1.29 is 28.2 Å². The molecule has 0 atom stereocenters. The Labute approximate surface area is 205 Å². The van der Waals surface area contributed by atoms with Crippen LogP contribution >= 0.6 is 0 Å². The molecule has 2 aliphatic heterocycles. The van der Waals surface area contributed by atoms with Gasteiger partial charge in [0.25, 0.3) is 5.91 Å². The Hall–Kier alpha value is -3.17. The number of benzene rings is 2. The molecule has 2 aromatic rings. The molecule has 0 aliphatic carbocycles. The van der Waals surface area contributed by atoms with E-state index in [1.54, 1.807) is 38.4 Å².